The fourth-order valence-electron chi connectivity index (χ4n) is 1.47. The van der Waals surface area contributed by atoms with Gasteiger partial charge in [-0.05, 0) is 38.0 Å². The molecule has 0 bridgehead atoms. The number of aliphatic hydroxyl groups is 1. The lowest BCUT2D eigenvalue weighted by Crippen LogP contribution is -2.19. The maximum atomic E-state index is 9.99. The van der Waals surface area contributed by atoms with Crippen LogP contribution >= 0.6 is 11.6 Å². The van der Waals surface area contributed by atoms with Crippen molar-refractivity contribution < 1.29 is 9.22 Å². The third-order valence-electron chi connectivity index (χ3n) is 2.17. The molecule has 16 heavy (non-hydrogen) atoms. The Labute approximate surface area is 103 Å². The number of rotatable bonds is 1. The number of anilines is 1. The van der Waals surface area contributed by atoms with Crippen LogP contribution in [0.2, 0.25) is 5.02 Å². The summed E-state index contributed by atoms with van der Waals surface area (Å²) in [5.74, 6) is 0. The van der Waals surface area contributed by atoms with Crippen molar-refractivity contribution in [3.05, 3.63) is 34.9 Å². The minimum atomic E-state index is -1.27. The Morgan fingerprint density at radius 3 is 2.81 bits per heavy atom. The largest absolute Gasteiger partial charge is 0.397 e. The van der Waals surface area contributed by atoms with Crippen LogP contribution < -0.4 is 5.73 Å². The molecule has 0 unspecified atom stereocenters. The SMILES string of the molecule is [2H]c1c(Cl)c([2H])c2cc(N)c(C(C)(C)O)nc2c1[2H]. The van der Waals surface area contributed by atoms with Crippen LogP contribution in [0.3, 0.4) is 0 Å². The molecule has 0 amide bonds. The van der Waals surface area contributed by atoms with Crippen molar-refractivity contribution >= 4 is 28.2 Å². The molecular formula is C12H13ClN2O. The number of nitrogens with two attached hydrogens (primary N) is 1. The summed E-state index contributed by atoms with van der Waals surface area (Å²) < 4.78 is 23.4. The highest BCUT2D eigenvalue weighted by molar-refractivity contribution is 6.31. The van der Waals surface area contributed by atoms with Gasteiger partial charge < -0.3 is 10.8 Å². The van der Waals surface area contributed by atoms with Gasteiger partial charge in [0.05, 0.1) is 21.0 Å². The average Bonchev–Trinajstić information content (AvgIpc) is 2.31. The van der Waals surface area contributed by atoms with Gasteiger partial charge in [0.25, 0.3) is 0 Å². The minimum absolute atomic E-state index is 0.0841. The van der Waals surface area contributed by atoms with E-state index in [1.165, 1.54) is 19.9 Å². The average molecular weight is 240 g/mol. The van der Waals surface area contributed by atoms with Crippen molar-refractivity contribution in [3.8, 4) is 0 Å². The van der Waals surface area contributed by atoms with Gasteiger partial charge in [-0.1, -0.05) is 11.6 Å². The number of fused-ring (bicyclic) bond motifs is 1. The zero-order valence-corrected chi connectivity index (χ0v) is 9.68. The summed E-state index contributed by atoms with van der Waals surface area (Å²) in [6, 6.07) is 0.945. The lowest BCUT2D eigenvalue weighted by molar-refractivity contribution is 0.0751. The summed E-state index contributed by atoms with van der Waals surface area (Å²) in [4.78, 5) is 4.15. The predicted molar refractivity (Wildman–Crippen MR) is 66.4 cm³/mol. The number of hydrogen-bond acceptors (Lipinski definition) is 3. The molecule has 1 heterocycles. The van der Waals surface area contributed by atoms with E-state index in [4.69, 9.17) is 21.4 Å². The van der Waals surface area contributed by atoms with Crippen LogP contribution in [0.5, 0.6) is 0 Å². The van der Waals surface area contributed by atoms with Gasteiger partial charge in [-0.3, -0.25) is 0 Å². The summed E-state index contributed by atoms with van der Waals surface area (Å²) >= 11 is 5.83. The summed E-state index contributed by atoms with van der Waals surface area (Å²) in [6.45, 7) is 3.06. The Balaban J connectivity index is 2.95. The molecule has 0 atom stereocenters. The monoisotopic (exact) mass is 239 g/mol. The van der Waals surface area contributed by atoms with Gasteiger partial charge in [-0.25, -0.2) is 4.98 Å². The molecular weight excluding hydrogens is 224 g/mol. The van der Waals surface area contributed by atoms with E-state index in [1.807, 2.05) is 0 Å². The highest BCUT2D eigenvalue weighted by Crippen LogP contribution is 2.28. The number of nitrogen functional groups attached to an aromatic ring is 1. The second-order valence-electron chi connectivity index (χ2n) is 4.07. The van der Waals surface area contributed by atoms with Crippen molar-refractivity contribution in [1.29, 1.82) is 0 Å². The molecule has 0 radical (unpaired) electrons. The van der Waals surface area contributed by atoms with E-state index in [1.54, 1.807) is 0 Å². The van der Waals surface area contributed by atoms with Crippen molar-refractivity contribution in [2.75, 3.05) is 5.73 Å². The van der Waals surface area contributed by atoms with Gasteiger partial charge >= 0.3 is 0 Å². The molecule has 4 heteroatoms. The molecule has 84 valence electrons. The van der Waals surface area contributed by atoms with Crippen LogP contribution in [-0.2, 0) is 5.60 Å². The number of halogens is 1. The molecule has 2 aromatic rings. The van der Waals surface area contributed by atoms with E-state index >= 15 is 0 Å². The van der Waals surface area contributed by atoms with Gasteiger partial charge in [0.1, 0.15) is 5.60 Å². The first kappa shape index (κ1) is 7.87. The molecule has 0 spiro atoms. The Morgan fingerprint density at radius 2 is 2.19 bits per heavy atom. The molecule has 3 nitrogen and oxygen atoms in total. The second kappa shape index (κ2) is 3.61. The van der Waals surface area contributed by atoms with Crippen molar-refractivity contribution in [2.24, 2.45) is 0 Å². The molecule has 0 fully saturated rings. The molecule has 2 rings (SSSR count). The van der Waals surface area contributed by atoms with E-state index in [2.05, 4.69) is 4.98 Å². The van der Waals surface area contributed by atoms with Crippen LogP contribution in [0.15, 0.2) is 24.2 Å². The topological polar surface area (TPSA) is 59.1 Å². The van der Waals surface area contributed by atoms with Crippen LogP contribution in [0.4, 0.5) is 5.69 Å². The third-order valence-corrected chi connectivity index (χ3v) is 2.36. The van der Waals surface area contributed by atoms with Crippen LogP contribution in [0, 0.1) is 0 Å². The summed E-state index contributed by atoms with van der Waals surface area (Å²) in [6.07, 6.45) is 0. The van der Waals surface area contributed by atoms with Crippen molar-refractivity contribution in [2.45, 2.75) is 19.4 Å². The highest BCUT2D eigenvalue weighted by atomic mass is 35.5. The summed E-state index contributed by atoms with van der Waals surface area (Å²) in [5, 5.41) is 10.2. The number of benzene rings is 1. The zero-order chi connectivity index (χ0) is 14.5. The molecule has 0 aliphatic heterocycles. The van der Waals surface area contributed by atoms with Gasteiger partial charge in [-0.15, -0.1) is 0 Å². The standard InChI is InChI=1S/C12H13ClN2O/c1-12(2,16)11-9(14)6-7-5-8(13)3-4-10(7)15-11/h3-6,16H,14H2,1-2H3/i3D,4D,5D. The normalized spacial score (nSPS) is 14.6. The van der Waals surface area contributed by atoms with Gasteiger partial charge in [0.2, 0.25) is 0 Å². The zero-order valence-electron chi connectivity index (χ0n) is 11.9. The third kappa shape index (κ3) is 1.96. The van der Waals surface area contributed by atoms with E-state index in [0.717, 1.165) is 0 Å². The number of aromatic nitrogens is 1. The Kier molecular flexibility index (Phi) is 1.78. The van der Waals surface area contributed by atoms with E-state index in [9.17, 15) is 5.11 Å². The predicted octanol–water partition coefficient (Wildman–Crippen LogP) is 2.70. The van der Waals surface area contributed by atoms with Crippen molar-refractivity contribution in [3.63, 3.8) is 0 Å². The summed E-state index contributed by atoms with van der Waals surface area (Å²) in [5.41, 5.74) is 5.14. The maximum Gasteiger partial charge on any atom is 0.103 e. The Hall–Kier alpha value is -1.32. The number of hydrogen-bond donors (Lipinski definition) is 2. The number of nitrogens with zero attached hydrogens (tertiary/aromatic N) is 1. The Morgan fingerprint density at radius 1 is 1.50 bits per heavy atom. The molecule has 0 saturated heterocycles. The Bertz CT molecular complexity index is 683. The van der Waals surface area contributed by atoms with Crippen LogP contribution in [0.25, 0.3) is 10.9 Å². The molecule has 1 aromatic heterocycles. The number of pyridine rings is 1. The lowest BCUT2D eigenvalue weighted by atomic mass is 10.0. The van der Waals surface area contributed by atoms with E-state index < -0.39 is 5.60 Å². The van der Waals surface area contributed by atoms with E-state index in [-0.39, 0.29) is 40.0 Å². The highest BCUT2D eigenvalue weighted by Gasteiger charge is 2.21. The van der Waals surface area contributed by atoms with Gasteiger partial charge in [0.15, 0.2) is 0 Å². The maximum absolute atomic E-state index is 9.99. The first-order valence-corrected chi connectivity index (χ1v) is 5.10. The smallest absolute Gasteiger partial charge is 0.103 e. The van der Waals surface area contributed by atoms with Crippen molar-refractivity contribution in [1.82, 2.24) is 4.98 Å². The quantitative estimate of drug-likeness (QED) is 0.805. The fraction of sp³-hybridized carbons (Fsp3) is 0.250. The molecule has 0 aliphatic carbocycles. The lowest BCUT2D eigenvalue weighted by Gasteiger charge is -2.19. The first-order chi connectivity index (χ1) is 8.64. The molecule has 0 aliphatic rings. The second-order valence-corrected chi connectivity index (χ2v) is 4.45. The van der Waals surface area contributed by atoms with Gasteiger partial charge in [0, 0.05) is 10.4 Å². The molecule has 0 saturated carbocycles. The fourth-order valence-corrected chi connectivity index (χ4v) is 1.62. The summed E-state index contributed by atoms with van der Waals surface area (Å²) in [7, 11) is 0. The minimum Gasteiger partial charge on any atom is -0.397 e. The van der Waals surface area contributed by atoms with Gasteiger partial charge in [-0.2, -0.15) is 0 Å². The van der Waals surface area contributed by atoms with Crippen LogP contribution in [0.1, 0.15) is 23.7 Å². The van der Waals surface area contributed by atoms with E-state index in [0.29, 0.717) is 5.39 Å². The molecule has 3 N–H and O–H groups in total. The van der Waals surface area contributed by atoms with Crippen LogP contribution in [-0.4, -0.2) is 10.1 Å². The first-order valence-electron chi connectivity index (χ1n) is 6.23. The molecule has 1 aromatic carbocycles.